The lowest BCUT2D eigenvalue weighted by molar-refractivity contribution is 0.587. The molecule has 9 nitrogen and oxygen atoms in total. The molecule has 0 radical (unpaired) electrons. The number of hydrazine groups is 1. The fraction of sp³-hybridized carbons (Fsp3) is 0.0500. The molecule has 5 N–H and O–H groups in total. The second-order valence-electron chi connectivity index (χ2n) is 6.53. The van der Waals surface area contributed by atoms with Gasteiger partial charge in [-0.25, -0.2) is 18.4 Å². The number of para-hydroxylation sites is 1. The average molecular weight is 421 g/mol. The van der Waals surface area contributed by atoms with E-state index in [0.29, 0.717) is 11.5 Å². The Hall–Kier alpha value is -3.76. The van der Waals surface area contributed by atoms with Crippen molar-refractivity contribution in [2.75, 3.05) is 16.5 Å². The lowest BCUT2D eigenvalue weighted by atomic mass is 10.2. The molecule has 0 spiro atoms. The molecular weight excluding hydrogens is 402 g/mol. The van der Waals surface area contributed by atoms with Gasteiger partial charge in [0.25, 0.3) is 10.0 Å². The zero-order valence-electron chi connectivity index (χ0n) is 16.0. The highest BCUT2D eigenvalue weighted by molar-refractivity contribution is 7.89. The van der Waals surface area contributed by atoms with Crippen molar-refractivity contribution in [2.24, 2.45) is 0 Å². The number of fused-ring (bicyclic) bond motifs is 1. The molecule has 0 atom stereocenters. The van der Waals surface area contributed by atoms with Crippen molar-refractivity contribution in [1.82, 2.24) is 19.8 Å². The number of anilines is 4. The highest BCUT2D eigenvalue weighted by Gasteiger charge is 2.16. The highest BCUT2D eigenvalue weighted by atomic mass is 32.2. The van der Waals surface area contributed by atoms with Crippen LogP contribution in [0.4, 0.5) is 23.0 Å². The summed E-state index contributed by atoms with van der Waals surface area (Å²) in [4.78, 5) is 15.0. The third kappa shape index (κ3) is 4.00. The van der Waals surface area contributed by atoms with E-state index < -0.39 is 10.0 Å². The molecule has 2 aromatic carbocycles. The normalized spacial score (nSPS) is 11.4. The minimum atomic E-state index is -3.80. The molecule has 0 bridgehead atoms. The number of hydrogen-bond acceptors (Lipinski definition) is 8. The maximum atomic E-state index is 12.5. The molecule has 0 amide bonds. The summed E-state index contributed by atoms with van der Waals surface area (Å²) in [6, 6.07) is 16.0. The second-order valence-corrected chi connectivity index (χ2v) is 8.22. The molecule has 4 aromatic rings. The van der Waals surface area contributed by atoms with Gasteiger partial charge < -0.3 is 11.1 Å². The molecule has 30 heavy (non-hydrogen) atoms. The molecule has 0 aliphatic heterocycles. The summed E-state index contributed by atoms with van der Waals surface area (Å²) in [5.74, 6) is 0.441. The molecule has 10 heteroatoms. The molecule has 0 saturated heterocycles. The standard InChI is InChI=1S/C20H19N7O2S/c1-13-7-9-15(10-8-13)30(28,29)27-26-20-17(21)19(23-12-24-20)25-16-6-2-4-14-5-3-11-22-18(14)16/h2-12,27H,21H2,1H3,(H2,23,24,25,26). The molecule has 0 aliphatic carbocycles. The van der Waals surface area contributed by atoms with E-state index in [-0.39, 0.29) is 16.4 Å². The van der Waals surface area contributed by atoms with Gasteiger partial charge in [0.15, 0.2) is 11.6 Å². The molecule has 0 aliphatic rings. The van der Waals surface area contributed by atoms with E-state index in [2.05, 4.69) is 30.5 Å². The minimum Gasteiger partial charge on any atom is -0.393 e. The summed E-state index contributed by atoms with van der Waals surface area (Å²) in [5.41, 5.74) is 11.3. The van der Waals surface area contributed by atoms with Gasteiger partial charge in [-0.1, -0.05) is 35.9 Å². The van der Waals surface area contributed by atoms with Crippen LogP contribution in [0.2, 0.25) is 0 Å². The number of nitrogens with zero attached hydrogens (tertiary/aromatic N) is 3. The average Bonchev–Trinajstić information content (AvgIpc) is 2.75. The van der Waals surface area contributed by atoms with Crippen LogP contribution in [-0.4, -0.2) is 23.4 Å². The summed E-state index contributed by atoms with van der Waals surface area (Å²) < 4.78 is 24.9. The van der Waals surface area contributed by atoms with Crippen LogP contribution in [0.15, 0.2) is 72.0 Å². The fourth-order valence-electron chi connectivity index (χ4n) is 2.82. The van der Waals surface area contributed by atoms with E-state index in [1.807, 2.05) is 37.3 Å². The fourth-order valence-corrected chi connectivity index (χ4v) is 3.66. The van der Waals surface area contributed by atoms with Crippen molar-refractivity contribution < 1.29 is 8.42 Å². The van der Waals surface area contributed by atoms with E-state index >= 15 is 0 Å². The lowest BCUT2D eigenvalue weighted by Gasteiger charge is -2.14. The number of pyridine rings is 1. The molecular formula is C20H19N7O2S. The third-order valence-electron chi connectivity index (χ3n) is 4.40. The minimum absolute atomic E-state index is 0.119. The lowest BCUT2D eigenvalue weighted by Crippen LogP contribution is -2.30. The number of rotatable bonds is 6. The Labute approximate surface area is 173 Å². The Kier molecular flexibility index (Phi) is 5.17. The SMILES string of the molecule is Cc1ccc(S(=O)(=O)NNc2ncnc(Nc3cccc4cccnc34)c2N)cc1. The Bertz CT molecular complexity index is 1300. The van der Waals surface area contributed by atoms with Crippen molar-refractivity contribution in [1.29, 1.82) is 0 Å². The van der Waals surface area contributed by atoms with Crippen LogP contribution in [0.25, 0.3) is 10.9 Å². The molecule has 2 heterocycles. The van der Waals surface area contributed by atoms with E-state index in [4.69, 9.17) is 5.73 Å². The number of aryl methyl sites for hydroxylation is 1. The molecule has 0 unspecified atom stereocenters. The number of aromatic nitrogens is 3. The Morgan fingerprint density at radius 1 is 0.900 bits per heavy atom. The van der Waals surface area contributed by atoms with Crippen LogP contribution in [-0.2, 0) is 10.0 Å². The third-order valence-corrected chi connectivity index (χ3v) is 5.67. The predicted molar refractivity (Wildman–Crippen MR) is 117 cm³/mol. The van der Waals surface area contributed by atoms with Gasteiger partial charge in [0.1, 0.15) is 12.0 Å². The second kappa shape index (κ2) is 7.93. The zero-order chi connectivity index (χ0) is 21.1. The molecule has 0 fully saturated rings. The Morgan fingerprint density at radius 3 is 2.43 bits per heavy atom. The number of nitrogens with one attached hydrogen (secondary N) is 3. The number of nitrogen functional groups attached to an aromatic ring is 1. The van der Waals surface area contributed by atoms with Gasteiger partial charge in [-0.15, -0.1) is 4.83 Å². The number of nitrogens with two attached hydrogens (primary N) is 1. The van der Waals surface area contributed by atoms with Crippen LogP contribution < -0.4 is 21.3 Å². The van der Waals surface area contributed by atoms with E-state index in [0.717, 1.165) is 16.5 Å². The number of benzene rings is 2. The number of hydrogen-bond donors (Lipinski definition) is 4. The maximum Gasteiger partial charge on any atom is 0.257 e. The highest BCUT2D eigenvalue weighted by Crippen LogP contribution is 2.29. The summed E-state index contributed by atoms with van der Waals surface area (Å²) >= 11 is 0. The van der Waals surface area contributed by atoms with Crippen LogP contribution >= 0.6 is 0 Å². The summed E-state index contributed by atoms with van der Waals surface area (Å²) in [7, 11) is -3.80. The first-order chi connectivity index (χ1) is 14.4. The Morgan fingerprint density at radius 2 is 1.63 bits per heavy atom. The van der Waals surface area contributed by atoms with Gasteiger partial charge in [0.2, 0.25) is 0 Å². The topological polar surface area (TPSA) is 135 Å². The summed E-state index contributed by atoms with van der Waals surface area (Å²) in [6.07, 6.45) is 2.98. The monoisotopic (exact) mass is 421 g/mol. The maximum absolute atomic E-state index is 12.5. The predicted octanol–water partition coefficient (Wildman–Crippen LogP) is 2.96. The van der Waals surface area contributed by atoms with E-state index in [9.17, 15) is 8.42 Å². The van der Waals surface area contributed by atoms with Gasteiger partial charge in [-0.3, -0.25) is 10.4 Å². The summed E-state index contributed by atoms with van der Waals surface area (Å²) in [6.45, 7) is 1.88. The van der Waals surface area contributed by atoms with Gasteiger partial charge in [0.05, 0.1) is 16.1 Å². The van der Waals surface area contributed by atoms with Crippen LogP contribution in [0.5, 0.6) is 0 Å². The van der Waals surface area contributed by atoms with Crippen molar-refractivity contribution >= 4 is 43.9 Å². The van der Waals surface area contributed by atoms with Crippen molar-refractivity contribution in [3.63, 3.8) is 0 Å². The van der Waals surface area contributed by atoms with E-state index in [1.165, 1.54) is 18.5 Å². The van der Waals surface area contributed by atoms with Gasteiger partial charge in [-0.05, 0) is 31.2 Å². The van der Waals surface area contributed by atoms with Gasteiger partial charge in [-0.2, -0.15) is 0 Å². The molecule has 152 valence electrons. The Balaban J connectivity index is 1.56. The smallest absolute Gasteiger partial charge is 0.257 e. The van der Waals surface area contributed by atoms with E-state index in [1.54, 1.807) is 18.3 Å². The molecule has 0 saturated carbocycles. The largest absolute Gasteiger partial charge is 0.393 e. The molecule has 2 aromatic heterocycles. The van der Waals surface area contributed by atoms with Gasteiger partial charge >= 0.3 is 0 Å². The summed E-state index contributed by atoms with van der Waals surface area (Å²) in [5, 5.41) is 4.09. The first kappa shape index (κ1) is 19.6. The van der Waals surface area contributed by atoms with Crippen LogP contribution in [0.1, 0.15) is 5.56 Å². The zero-order valence-corrected chi connectivity index (χ0v) is 16.8. The quantitative estimate of drug-likeness (QED) is 0.349. The first-order valence-electron chi connectivity index (χ1n) is 9.00. The number of sulfonamides is 1. The van der Waals surface area contributed by atoms with Gasteiger partial charge in [0, 0.05) is 11.6 Å². The van der Waals surface area contributed by atoms with Crippen molar-refractivity contribution in [2.45, 2.75) is 11.8 Å². The van der Waals surface area contributed by atoms with Crippen LogP contribution in [0, 0.1) is 6.92 Å². The van der Waals surface area contributed by atoms with Crippen molar-refractivity contribution in [3.8, 4) is 0 Å². The van der Waals surface area contributed by atoms with Crippen LogP contribution in [0.3, 0.4) is 0 Å². The van der Waals surface area contributed by atoms with Crippen molar-refractivity contribution in [3.05, 3.63) is 72.7 Å². The molecule has 4 rings (SSSR count). The first-order valence-corrected chi connectivity index (χ1v) is 10.5.